The maximum absolute atomic E-state index is 12.5. The molecule has 112 valence electrons. The van der Waals surface area contributed by atoms with Crippen LogP contribution in [0, 0.1) is 5.41 Å². The Labute approximate surface area is 121 Å². The van der Waals surface area contributed by atoms with E-state index in [1.807, 2.05) is 17.8 Å². The van der Waals surface area contributed by atoms with Gasteiger partial charge in [0.1, 0.15) is 5.82 Å². The van der Waals surface area contributed by atoms with E-state index >= 15 is 0 Å². The van der Waals surface area contributed by atoms with E-state index in [4.69, 9.17) is 0 Å². The monoisotopic (exact) mass is 278 g/mol. The quantitative estimate of drug-likeness (QED) is 0.823. The molecule has 5 heteroatoms. The number of hydrogen-bond donors (Lipinski definition) is 2. The van der Waals surface area contributed by atoms with Gasteiger partial charge in [-0.3, -0.25) is 4.79 Å². The van der Waals surface area contributed by atoms with E-state index in [0.29, 0.717) is 6.54 Å². The van der Waals surface area contributed by atoms with Crippen LogP contribution >= 0.6 is 0 Å². The second-order valence-corrected chi connectivity index (χ2v) is 5.77. The first kappa shape index (κ1) is 15.0. The summed E-state index contributed by atoms with van der Waals surface area (Å²) in [7, 11) is 1.98. The molecular weight excluding hydrogens is 252 g/mol. The van der Waals surface area contributed by atoms with Crippen molar-refractivity contribution < 1.29 is 4.79 Å². The fourth-order valence-corrected chi connectivity index (χ4v) is 3.08. The number of amides is 1. The second kappa shape index (κ2) is 6.88. The van der Waals surface area contributed by atoms with Gasteiger partial charge in [-0.1, -0.05) is 13.3 Å². The first-order chi connectivity index (χ1) is 9.68. The zero-order valence-corrected chi connectivity index (χ0v) is 12.6. The number of hydrogen-bond acceptors (Lipinski definition) is 3. The fraction of sp³-hybridized carbons (Fsp3) is 0.733. The number of piperidine rings is 1. The van der Waals surface area contributed by atoms with E-state index in [1.54, 1.807) is 6.20 Å². The van der Waals surface area contributed by atoms with Crippen molar-refractivity contribution in [3.05, 3.63) is 18.2 Å². The molecule has 1 amide bonds. The summed E-state index contributed by atoms with van der Waals surface area (Å²) in [6.45, 7) is 4.66. The normalized spacial score (nSPS) is 22.7. The molecule has 1 aliphatic rings. The Morgan fingerprint density at radius 1 is 1.60 bits per heavy atom. The van der Waals surface area contributed by atoms with Gasteiger partial charge in [-0.05, 0) is 25.8 Å². The summed E-state index contributed by atoms with van der Waals surface area (Å²) in [5.74, 6) is 1.22. The first-order valence-electron chi connectivity index (χ1n) is 7.63. The fourth-order valence-electron chi connectivity index (χ4n) is 3.08. The first-order valence-corrected chi connectivity index (χ1v) is 7.63. The predicted molar refractivity (Wildman–Crippen MR) is 79.4 cm³/mol. The molecule has 5 nitrogen and oxygen atoms in total. The zero-order valence-electron chi connectivity index (χ0n) is 12.6. The molecule has 0 radical (unpaired) electrons. The summed E-state index contributed by atoms with van der Waals surface area (Å²) in [4.78, 5) is 16.8. The van der Waals surface area contributed by atoms with Crippen LogP contribution in [-0.4, -0.2) is 35.1 Å². The largest absolute Gasteiger partial charge is 0.355 e. The van der Waals surface area contributed by atoms with Gasteiger partial charge in [-0.2, -0.15) is 0 Å². The Morgan fingerprint density at radius 2 is 2.45 bits per heavy atom. The summed E-state index contributed by atoms with van der Waals surface area (Å²) >= 11 is 0. The van der Waals surface area contributed by atoms with Crippen molar-refractivity contribution in [1.82, 2.24) is 20.2 Å². The number of aryl methyl sites for hydroxylation is 1. The van der Waals surface area contributed by atoms with Crippen LogP contribution in [0.4, 0.5) is 0 Å². The molecule has 0 spiro atoms. The number of aromatic nitrogens is 2. The summed E-state index contributed by atoms with van der Waals surface area (Å²) in [5.41, 5.74) is -0.200. The molecular formula is C15H26N4O. The molecule has 1 fully saturated rings. The SMILES string of the molecule is CCCC1(C(=O)NCCc2nccn2C)CCCNC1. The van der Waals surface area contributed by atoms with Gasteiger partial charge in [-0.15, -0.1) is 0 Å². The number of rotatable bonds is 6. The number of imidazole rings is 1. The van der Waals surface area contributed by atoms with Crippen LogP contribution in [0.1, 0.15) is 38.4 Å². The summed E-state index contributed by atoms with van der Waals surface area (Å²) in [5, 5.41) is 6.49. The van der Waals surface area contributed by atoms with Gasteiger partial charge in [0.25, 0.3) is 0 Å². The van der Waals surface area contributed by atoms with Gasteiger partial charge in [0.2, 0.25) is 5.91 Å². The molecule has 1 aromatic heterocycles. The Hall–Kier alpha value is -1.36. The third-order valence-electron chi connectivity index (χ3n) is 4.24. The van der Waals surface area contributed by atoms with Crippen molar-refractivity contribution in [3.8, 4) is 0 Å². The lowest BCUT2D eigenvalue weighted by Gasteiger charge is -2.36. The summed E-state index contributed by atoms with van der Waals surface area (Å²) in [6, 6.07) is 0. The molecule has 1 aliphatic heterocycles. The molecule has 1 saturated heterocycles. The molecule has 2 rings (SSSR count). The van der Waals surface area contributed by atoms with E-state index in [0.717, 1.165) is 51.0 Å². The third kappa shape index (κ3) is 3.39. The highest BCUT2D eigenvalue weighted by molar-refractivity contribution is 5.83. The van der Waals surface area contributed by atoms with Crippen molar-refractivity contribution in [2.45, 2.75) is 39.0 Å². The van der Waals surface area contributed by atoms with Crippen LogP contribution in [0.5, 0.6) is 0 Å². The summed E-state index contributed by atoms with van der Waals surface area (Å²) < 4.78 is 2.00. The van der Waals surface area contributed by atoms with Gasteiger partial charge in [0, 0.05) is 39.0 Å². The van der Waals surface area contributed by atoms with E-state index in [9.17, 15) is 4.79 Å². The molecule has 1 unspecified atom stereocenters. The second-order valence-electron chi connectivity index (χ2n) is 5.77. The van der Waals surface area contributed by atoms with Crippen molar-refractivity contribution >= 4 is 5.91 Å². The number of nitrogens with zero attached hydrogens (tertiary/aromatic N) is 2. The Balaban J connectivity index is 1.87. The van der Waals surface area contributed by atoms with Gasteiger partial charge >= 0.3 is 0 Å². The smallest absolute Gasteiger partial charge is 0.227 e. The lowest BCUT2D eigenvalue weighted by Crippen LogP contribution is -2.50. The van der Waals surface area contributed by atoms with E-state index < -0.39 is 0 Å². The van der Waals surface area contributed by atoms with Crippen LogP contribution < -0.4 is 10.6 Å². The molecule has 2 N–H and O–H groups in total. The van der Waals surface area contributed by atoms with Gasteiger partial charge < -0.3 is 15.2 Å². The highest BCUT2D eigenvalue weighted by Crippen LogP contribution is 2.31. The molecule has 0 bridgehead atoms. The lowest BCUT2D eigenvalue weighted by atomic mass is 9.76. The van der Waals surface area contributed by atoms with E-state index in [2.05, 4.69) is 22.5 Å². The Morgan fingerprint density at radius 3 is 3.05 bits per heavy atom. The number of nitrogens with one attached hydrogen (secondary N) is 2. The molecule has 20 heavy (non-hydrogen) atoms. The zero-order chi connectivity index (χ0) is 14.4. The van der Waals surface area contributed by atoms with Crippen molar-refractivity contribution in [1.29, 1.82) is 0 Å². The van der Waals surface area contributed by atoms with Crippen molar-refractivity contribution in [3.63, 3.8) is 0 Å². The number of carbonyl (C=O) groups excluding carboxylic acids is 1. The highest BCUT2D eigenvalue weighted by Gasteiger charge is 2.38. The highest BCUT2D eigenvalue weighted by atomic mass is 16.2. The van der Waals surface area contributed by atoms with Crippen LogP contribution in [0.25, 0.3) is 0 Å². The van der Waals surface area contributed by atoms with E-state index in [1.165, 1.54) is 0 Å². The summed E-state index contributed by atoms with van der Waals surface area (Å²) in [6.07, 6.45) is 8.62. The van der Waals surface area contributed by atoms with Crippen LogP contribution in [0.3, 0.4) is 0 Å². The van der Waals surface area contributed by atoms with E-state index in [-0.39, 0.29) is 11.3 Å². The van der Waals surface area contributed by atoms with Gasteiger partial charge in [0.05, 0.1) is 5.41 Å². The molecule has 0 aromatic carbocycles. The minimum absolute atomic E-state index is 0.200. The maximum Gasteiger partial charge on any atom is 0.227 e. The third-order valence-corrected chi connectivity index (χ3v) is 4.24. The topological polar surface area (TPSA) is 59.0 Å². The average Bonchev–Trinajstić information content (AvgIpc) is 2.86. The van der Waals surface area contributed by atoms with Crippen LogP contribution in [0.15, 0.2) is 12.4 Å². The Kier molecular flexibility index (Phi) is 5.17. The lowest BCUT2D eigenvalue weighted by molar-refractivity contribution is -0.132. The standard InChI is InChI=1S/C15H26N4O/c1-3-6-15(7-4-8-16-12-15)14(20)18-9-5-13-17-10-11-19(13)2/h10-11,16H,3-9,12H2,1-2H3,(H,18,20). The minimum Gasteiger partial charge on any atom is -0.355 e. The Bertz CT molecular complexity index is 429. The molecule has 2 heterocycles. The molecule has 0 saturated carbocycles. The van der Waals surface area contributed by atoms with Crippen LogP contribution in [0.2, 0.25) is 0 Å². The molecule has 1 aromatic rings. The minimum atomic E-state index is -0.200. The molecule has 1 atom stereocenters. The maximum atomic E-state index is 12.5. The van der Waals surface area contributed by atoms with Gasteiger partial charge in [0.15, 0.2) is 0 Å². The average molecular weight is 278 g/mol. The van der Waals surface area contributed by atoms with Crippen molar-refractivity contribution in [2.24, 2.45) is 12.5 Å². The number of carbonyl (C=O) groups is 1. The molecule has 0 aliphatic carbocycles. The van der Waals surface area contributed by atoms with Gasteiger partial charge in [-0.25, -0.2) is 4.98 Å². The predicted octanol–water partition coefficient (Wildman–Crippen LogP) is 1.25. The van der Waals surface area contributed by atoms with Crippen LogP contribution in [-0.2, 0) is 18.3 Å². The van der Waals surface area contributed by atoms with Crippen molar-refractivity contribution in [2.75, 3.05) is 19.6 Å².